The lowest BCUT2D eigenvalue weighted by Gasteiger charge is -2.13. The molecule has 21 heavy (non-hydrogen) atoms. The number of para-hydroxylation sites is 1. The molecule has 0 saturated heterocycles. The molecule has 4 aromatic rings. The lowest BCUT2D eigenvalue weighted by Crippen LogP contribution is -2.10. The second-order valence-electron chi connectivity index (χ2n) is 5.05. The van der Waals surface area contributed by atoms with E-state index in [9.17, 15) is 4.79 Å². The van der Waals surface area contributed by atoms with Crippen LogP contribution in [0.15, 0.2) is 70.8 Å². The van der Waals surface area contributed by atoms with Crippen LogP contribution < -0.4 is 5.43 Å². The van der Waals surface area contributed by atoms with E-state index in [1.807, 2.05) is 53.9 Å². The first-order valence-electron chi connectivity index (χ1n) is 6.87. The predicted molar refractivity (Wildman–Crippen MR) is 89.1 cm³/mol. The second-order valence-corrected chi connectivity index (χ2v) is 5.97. The number of thiophene rings is 1. The number of benzene rings is 2. The van der Waals surface area contributed by atoms with Gasteiger partial charge in [0.2, 0.25) is 5.43 Å². The Morgan fingerprint density at radius 3 is 2.48 bits per heavy atom. The summed E-state index contributed by atoms with van der Waals surface area (Å²) in [4.78, 5) is 12.6. The van der Waals surface area contributed by atoms with E-state index in [0.717, 1.165) is 27.7 Å². The molecule has 0 aliphatic carbocycles. The molecule has 3 heteroatoms. The Bertz CT molecular complexity index is 982. The van der Waals surface area contributed by atoms with E-state index in [0.29, 0.717) is 0 Å². The van der Waals surface area contributed by atoms with Gasteiger partial charge in [0, 0.05) is 11.9 Å². The zero-order chi connectivity index (χ0) is 14.2. The second kappa shape index (κ2) is 4.86. The molecule has 2 aromatic heterocycles. The number of hydrogen-bond acceptors (Lipinski definition) is 2. The van der Waals surface area contributed by atoms with Crippen molar-refractivity contribution in [2.75, 3.05) is 0 Å². The van der Waals surface area contributed by atoms with Crippen LogP contribution in [0.1, 0.15) is 5.56 Å². The third-order valence-corrected chi connectivity index (χ3v) is 4.67. The van der Waals surface area contributed by atoms with Crippen LogP contribution in [0.25, 0.3) is 21.1 Å². The van der Waals surface area contributed by atoms with Crippen LogP contribution in [-0.4, -0.2) is 4.57 Å². The standard InChI is InChI=1S/C18H13NOS/c20-17-14-8-4-5-9-15(14)19(16-10-11-21-18(16)17)12-13-6-2-1-3-7-13/h1-11H,12H2. The monoisotopic (exact) mass is 291 g/mol. The average Bonchev–Trinajstić information content (AvgIpc) is 3.02. The summed E-state index contributed by atoms with van der Waals surface area (Å²) in [6.07, 6.45) is 0. The molecular formula is C18H13NOS. The first kappa shape index (κ1) is 12.4. The number of rotatable bonds is 2. The topological polar surface area (TPSA) is 22.0 Å². The van der Waals surface area contributed by atoms with E-state index in [1.165, 1.54) is 16.9 Å². The van der Waals surface area contributed by atoms with E-state index >= 15 is 0 Å². The molecule has 0 aliphatic rings. The molecular weight excluding hydrogens is 278 g/mol. The van der Waals surface area contributed by atoms with Crippen LogP contribution in [0, 0.1) is 0 Å². The Morgan fingerprint density at radius 1 is 0.857 bits per heavy atom. The van der Waals surface area contributed by atoms with Crippen molar-refractivity contribution in [3.63, 3.8) is 0 Å². The molecule has 102 valence electrons. The van der Waals surface area contributed by atoms with Crippen molar-refractivity contribution >= 4 is 32.5 Å². The maximum absolute atomic E-state index is 12.6. The number of nitrogens with zero attached hydrogens (tertiary/aromatic N) is 1. The van der Waals surface area contributed by atoms with Gasteiger partial charge in [-0.05, 0) is 29.1 Å². The van der Waals surface area contributed by atoms with Gasteiger partial charge in [-0.2, -0.15) is 0 Å². The lowest BCUT2D eigenvalue weighted by molar-refractivity contribution is 0.863. The Labute approximate surface area is 125 Å². The lowest BCUT2D eigenvalue weighted by atomic mass is 10.1. The van der Waals surface area contributed by atoms with E-state index in [1.54, 1.807) is 0 Å². The van der Waals surface area contributed by atoms with Crippen LogP contribution in [0.4, 0.5) is 0 Å². The highest BCUT2D eigenvalue weighted by molar-refractivity contribution is 7.17. The van der Waals surface area contributed by atoms with Gasteiger partial charge in [0.15, 0.2) is 0 Å². The van der Waals surface area contributed by atoms with Crippen LogP contribution in [0.3, 0.4) is 0 Å². The summed E-state index contributed by atoms with van der Waals surface area (Å²) in [6, 6.07) is 20.2. The fourth-order valence-electron chi connectivity index (χ4n) is 2.77. The average molecular weight is 291 g/mol. The molecule has 0 saturated carbocycles. The van der Waals surface area contributed by atoms with Crippen molar-refractivity contribution in [2.45, 2.75) is 6.54 Å². The minimum Gasteiger partial charge on any atom is -0.335 e. The zero-order valence-corrected chi connectivity index (χ0v) is 12.1. The fraction of sp³-hybridized carbons (Fsp3) is 0.0556. The van der Waals surface area contributed by atoms with Gasteiger partial charge >= 0.3 is 0 Å². The summed E-state index contributed by atoms with van der Waals surface area (Å²) >= 11 is 1.52. The van der Waals surface area contributed by atoms with Gasteiger partial charge < -0.3 is 4.57 Å². The van der Waals surface area contributed by atoms with E-state index in [-0.39, 0.29) is 5.43 Å². The third kappa shape index (κ3) is 1.98. The molecule has 0 aliphatic heterocycles. The SMILES string of the molecule is O=c1c2ccccc2n(Cc2ccccc2)c2ccsc12. The first-order valence-corrected chi connectivity index (χ1v) is 7.75. The Hall–Kier alpha value is -2.39. The molecule has 0 unspecified atom stereocenters. The van der Waals surface area contributed by atoms with Gasteiger partial charge in [-0.15, -0.1) is 11.3 Å². The number of hydrogen-bond donors (Lipinski definition) is 0. The van der Waals surface area contributed by atoms with Gasteiger partial charge in [-0.25, -0.2) is 0 Å². The molecule has 0 amide bonds. The summed E-state index contributed by atoms with van der Waals surface area (Å²) in [5.41, 5.74) is 3.39. The number of fused-ring (bicyclic) bond motifs is 2. The van der Waals surface area contributed by atoms with E-state index in [4.69, 9.17) is 0 Å². The maximum Gasteiger partial charge on any atom is 0.207 e. The highest BCUT2D eigenvalue weighted by Crippen LogP contribution is 2.24. The molecule has 2 nitrogen and oxygen atoms in total. The molecule has 4 rings (SSSR count). The highest BCUT2D eigenvalue weighted by Gasteiger charge is 2.11. The van der Waals surface area contributed by atoms with Crippen LogP contribution in [0.2, 0.25) is 0 Å². The zero-order valence-electron chi connectivity index (χ0n) is 11.3. The summed E-state index contributed by atoms with van der Waals surface area (Å²) in [5.74, 6) is 0. The minimum atomic E-state index is 0.139. The number of pyridine rings is 1. The van der Waals surface area contributed by atoms with Crippen molar-refractivity contribution in [3.8, 4) is 0 Å². The van der Waals surface area contributed by atoms with Gasteiger partial charge in [0.05, 0.1) is 15.7 Å². The molecule has 0 fully saturated rings. The molecule has 0 N–H and O–H groups in total. The Kier molecular flexibility index (Phi) is 2.86. The minimum absolute atomic E-state index is 0.139. The molecule has 0 bridgehead atoms. The van der Waals surface area contributed by atoms with Crippen LogP contribution in [0.5, 0.6) is 0 Å². The molecule has 0 atom stereocenters. The van der Waals surface area contributed by atoms with Gasteiger partial charge in [-0.1, -0.05) is 42.5 Å². The summed E-state index contributed by atoms with van der Waals surface area (Å²) in [7, 11) is 0. The third-order valence-electron chi connectivity index (χ3n) is 3.76. The van der Waals surface area contributed by atoms with Gasteiger partial charge in [0.25, 0.3) is 0 Å². The summed E-state index contributed by atoms with van der Waals surface area (Å²) < 4.78 is 3.07. The van der Waals surface area contributed by atoms with E-state index in [2.05, 4.69) is 16.7 Å². The van der Waals surface area contributed by atoms with Crippen LogP contribution in [-0.2, 0) is 6.54 Å². The van der Waals surface area contributed by atoms with Crippen molar-refractivity contribution in [1.82, 2.24) is 4.57 Å². The van der Waals surface area contributed by atoms with Gasteiger partial charge in [0.1, 0.15) is 0 Å². The Balaban J connectivity index is 2.07. The largest absolute Gasteiger partial charge is 0.335 e. The smallest absolute Gasteiger partial charge is 0.207 e. The number of aromatic nitrogens is 1. The summed E-state index contributed by atoms with van der Waals surface area (Å²) in [6.45, 7) is 0.773. The van der Waals surface area contributed by atoms with E-state index < -0.39 is 0 Å². The summed E-state index contributed by atoms with van der Waals surface area (Å²) in [5, 5.41) is 2.79. The molecule has 0 radical (unpaired) electrons. The Morgan fingerprint density at radius 2 is 1.62 bits per heavy atom. The maximum atomic E-state index is 12.6. The normalized spacial score (nSPS) is 11.2. The predicted octanol–water partition coefficient (Wildman–Crippen LogP) is 4.26. The van der Waals surface area contributed by atoms with Crippen molar-refractivity contribution < 1.29 is 0 Å². The van der Waals surface area contributed by atoms with Crippen molar-refractivity contribution in [3.05, 3.63) is 81.8 Å². The quantitative estimate of drug-likeness (QED) is 0.541. The highest BCUT2D eigenvalue weighted by atomic mass is 32.1. The fourth-order valence-corrected chi connectivity index (χ4v) is 3.62. The van der Waals surface area contributed by atoms with Gasteiger partial charge in [-0.3, -0.25) is 4.79 Å². The van der Waals surface area contributed by atoms with Crippen LogP contribution >= 0.6 is 11.3 Å². The molecule has 2 heterocycles. The van der Waals surface area contributed by atoms with Crippen molar-refractivity contribution in [2.24, 2.45) is 0 Å². The first-order chi connectivity index (χ1) is 10.3. The molecule has 2 aromatic carbocycles. The molecule has 0 spiro atoms. The van der Waals surface area contributed by atoms with Crippen molar-refractivity contribution in [1.29, 1.82) is 0 Å².